The second-order valence-corrected chi connectivity index (χ2v) is 7.52. The van der Waals surface area contributed by atoms with Gasteiger partial charge in [-0.15, -0.1) is 11.4 Å². The maximum absolute atomic E-state index is 5.16. The Hall–Kier alpha value is -0.740. The first-order chi connectivity index (χ1) is 12.0. The van der Waals surface area contributed by atoms with Crippen LogP contribution >= 0.6 is 0 Å². The summed E-state index contributed by atoms with van der Waals surface area (Å²) < 4.78 is 0. The summed E-state index contributed by atoms with van der Waals surface area (Å²) in [4.78, 5) is 7.07. The number of benzene rings is 1. The minimum absolute atomic E-state index is 0. The summed E-state index contributed by atoms with van der Waals surface area (Å²) in [6, 6.07) is 6.60. The van der Waals surface area contributed by atoms with Crippen LogP contribution in [0.25, 0.3) is 5.32 Å². The molecule has 2 rings (SSSR count). The van der Waals surface area contributed by atoms with Crippen LogP contribution in [0.4, 0.5) is 5.69 Å². The van der Waals surface area contributed by atoms with E-state index in [0.717, 1.165) is 43.7 Å². The molecule has 0 unspecified atom stereocenters. The van der Waals surface area contributed by atoms with E-state index in [1.165, 1.54) is 29.7 Å². The molecule has 0 bridgehead atoms. The molecule has 0 saturated carbocycles. The number of unbranched alkanes of at least 4 members (excludes halogenated alkanes) is 1. The molecule has 0 fully saturated rings. The molecule has 0 heterocycles. The molecule has 0 spiro atoms. The van der Waals surface area contributed by atoms with Gasteiger partial charge in [-0.3, -0.25) is 4.99 Å². The summed E-state index contributed by atoms with van der Waals surface area (Å²) in [5.74, 6) is 0.463. The van der Waals surface area contributed by atoms with E-state index in [1.54, 1.807) is 0 Å². The predicted molar refractivity (Wildman–Crippen MR) is 123 cm³/mol. The molecular weight excluding hydrogens is 509 g/mol. The van der Waals surface area contributed by atoms with Gasteiger partial charge in [0, 0.05) is 44.6 Å². The Balaban J connectivity index is 0. The molecule has 1 aliphatic rings. The first-order valence-electron chi connectivity index (χ1n) is 9.75. The molecule has 0 radical (unpaired) electrons. The van der Waals surface area contributed by atoms with Crippen molar-refractivity contribution in [3.63, 3.8) is 0 Å². The van der Waals surface area contributed by atoms with Crippen LogP contribution in [-0.2, 0) is 32.4 Å². The molecule has 0 atom stereocenters. The van der Waals surface area contributed by atoms with Gasteiger partial charge in [-0.1, -0.05) is 57.0 Å². The number of hydrogen-bond acceptors (Lipinski definition) is 2. The Kier molecular flexibility index (Phi) is 15.9. The molecule has 1 aromatic carbocycles. The third-order valence-corrected chi connectivity index (χ3v) is 4.56. The zero-order chi connectivity index (χ0) is 18.2. The number of rotatable bonds is 8. The van der Waals surface area contributed by atoms with E-state index in [9.17, 15) is 0 Å². The second kappa shape index (κ2) is 15.1. The van der Waals surface area contributed by atoms with Crippen molar-refractivity contribution in [1.82, 2.24) is 4.90 Å². The average Bonchev–Trinajstić information content (AvgIpc) is 2.57. The van der Waals surface area contributed by atoms with E-state index in [1.807, 2.05) is 0 Å². The van der Waals surface area contributed by atoms with E-state index in [0.29, 0.717) is 5.92 Å². The molecule has 0 amide bonds. The third kappa shape index (κ3) is 8.73. The van der Waals surface area contributed by atoms with Gasteiger partial charge in [0.1, 0.15) is 0 Å². The topological polar surface area (TPSA) is 29.7 Å². The maximum Gasteiger partial charge on any atom is 0.0391 e. The molecular formula is C24H40HfN3-3. The van der Waals surface area contributed by atoms with Crippen molar-refractivity contribution in [1.29, 1.82) is 0 Å². The molecule has 0 saturated heterocycles. The van der Waals surface area contributed by atoms with Gasteiger partial charge in [0.2, 0.25) is 0 Å². The second-order valence-electron chi connectivity index (χ2n) is 7.52. The minimum atomic E-state index is 0. The molecule has 3 nitrogen and oxygen atoms in total. The van der Waals surface area contributed by atoms with Crippen LogP contribution in [-0.4, -0.2) is 31.3 Å². The Morgan fingerprint density at radius 3 is 2.50 bits per heavy atom. The van der Waals surface area contributed by atoms with Crippen LogP contribution in [0.2, 0.25) is 0 Å². The fraction of sp³-hybridized carbons (Fsp3) is 0.542. The van der Waals surface area contributed by atoms with E-state index >= 15 is 0 Å². The normalized spacial score (nSPS) is 14.8. The summed E-state index contributed by atoms with van der Waals surface area (Å²) in [7, 11) is 4.23. The van der Waals surface area contributed by atoms with E-state index in [4.69, 9.17) is 10.3 Å². The van der Waals surface area contributed by atoms with Crippen LogP contribution in [0.15, 0.2) is 35.0 Å². The van der Waals surface area contributed by atoms with Gasteiger partial charge in [-0.2, -0.15) is 0 Å². The van der Waals surface area contributed by atoms with Crippen molar-refractivity contribution < 1.29 is 25.8 Å². The summed E-state index contributed by atoms with van der Waals surface area (Å²) in [6.45, 7) is 8.55. The van der Waals surface area contributed by atoms with E-state index < -0.39 is 0 Å². The number of hydrogen-bond donors (Lipinski definition) is 0. The first-order valence-corrected chi connectivity index (χ1v) is 9.75. The molecule has 0 aromatic heterocycles. The van der Waals surface area contributed by atoms with Crippen LogP contribution < -0.4 is 0 Å². The molecule has 28 heavy (non-hydrogen) atoms. The Morgan fingerprint density at radius 2 is 1.89 bits per heavy atom. The third-order valence-electron chi connectivity index (χ3n) is 4.56. The number of aliphatic imine (C=N–C) groups is 1. The van der Waals surface area contributed by atoms with Gasteiger partial charge in [0.15, 0.2) is 0 Å². The van der Waals surface area contributed by atoms with Crippen molar-refractivity contribution >= 4 is 11.4 Å². The first kappa shape index (κ1) is 29.5. The van der Waals surface area contributed by atoms with Gasteiger partial charge in [0.25, 0.3) is 0 Å². The van der Waals surface area contributed by atoms with Gasteiger partial charge in [0.05, 0.1) is 0 Å². The maximum atomic E-state index is 5.16. The summed E-state index contributed by atoms with van der Waals surface area (Å²) in [5.41, 5.74) is 6.10. The SMILES string of the molecule is CCCCN=C1CCCC=C1[N-]c1c(CN(C)C)cccc1C(C)C.[CH3-].[CH3-].[Hf]. The largest absolute Gasteiger partial charge is 0.656 e. The zero-order valence-corrected chi connectivity index (χ0v) is 22.8. The zero-order valence-electron chi connectivity index (χ0n) is 19.2. The Labute approximate surface area is 193 Å². The molecule has 0 aliphatic heterocycles. The smallest absolute Gasteiger partial charge is 0.0391 e. The molecule has 1 aromatic rings. The quantitative estimate of drug-likeness (QED) is 0.194. The monoisotopic (exact) mass is 550 g/mol. The Morgan fingerprint density at radius 1 is 1.18 bits per heavy atom. The molecule has 4 heteroatoms. The van der Waals surface area contributed by atoms with Gasteiger partial charge < -0.3 is 25.1 Å². The van der Waals surface area contributed by atoms with Crippen molar-refractivity contribution in [2.75, 3.05) is 20.6 Å². The number of nitrogens with zero attached hydrogens (tertiary/aromatic N) is 3. The number of allylic oxidation sites excluding steroid dienone is 2. The molecule has 0 N–H and O–H groups in total. The van der Waals surface area contributed by atoms with Crippen molar-refractivity contribution in [2.24, 2.45) is 4.99 Å². The van der Waals surface area contributed by atoms with E-state index in [-0.39, 0.29) is 40.7 Å². The van der Waals surface area contributed by atoms with Crippen LogP contribution in [0.1, 0.15) is 69.9 Å². The van der Waals surface area contributed by atoms with Crippen molar-refractivity contribution in [3.05, 3.63) is 61.3 Å². The standard InChI is InChI=1S/C22H34N3.2CH3.Hf/c1-6-7-15-23-20-13-8-9-14-21(20)24-22-18(16-25(4)5)11-10-12-19(22)17(2)3;;;/h10-12,14,17H,6-9,13,15-16H2,1-5H3;2*1H3;/q3*-1;. The van der Waals surface area contributed by atoms with Crippen molar-refractivity contribution in [2.45, 2.75) is 65.3 Å². The van der Waals surface area contributed by atoms with Gasteiger partial charge in [-0.25, -0.2) is 0 Å². The van der Waals surface area contributed by atoms with Gasteiger partial charge in [-0.05, 0) is 51.3 Å². The van der Waals surface area contributed by atoms with Gasteiger partial charge >= 0.3 is 0 Å². The van der Waals surface area contributed by atoms with Crippen molar-refractivity contribution in [3.8, 4) is 0 Å². The van der Waals surface area contributed by atoms with Crippen LogP contribution in [0.3, 0.4) is 0 Å². The fourth-order valence-corrected chi connectivity index (χ4v) is 3.20. The van der Waals surface area contributed by atoms with Crippen LogP contribution in [0.5, 0.6) is 0 Å². The number of para-hydroxylation sites is 1. The summed E-state index contributed by atoms with van der Waals surface area (Å²) in [5, 5.41) is 5.16. The van der Waals surface area contributed by atoms with E-state index in [2.05, 4.69) is 64.0 Å². The summed E-state index contributed by atoms with van der Waals surface area (Å²) in [6.07, 6.45) is 8.00. The summed E-state index contributed by atoms with van der Waals surface area (Å²) >= 11 is 0. The fourth-order valence-electron chi connectivity index (χ4n) is 3.20. The molecule has 158 valence electrons. The predicted octanol–water partition coefficient (Wildman–Crippen LogP) is 7.08. The Bertz CT molecular complexity index is 618. The molecule has 1 aliphatic carbocycles. The minimum Gasteiger partial charge on any atom is -0.656 e. The average molecular weight is 549 g/mol. The van der Waals surface area contributed by atoms with Crippen LogP contribution in [0, 0.1) is 14.9 Å².